The third kappa shape index (κ3) is 6.31. The van der Waals surface area contributed by atoms with Gasteiger partial charge >= 0.3 is 0 Å². The molecule has 0 bridgehead atoms. The SMILES string of the molecule is CC(C)(C)Cc1ccc(C(C)(C)NS(=O)(=O)c2cccc(OCC3CC3)c2)cc1. The molecule has 5 heteroatoms. The number of hydrogen-bond donors (Lipinski definition) is 1. The van der Waals surface area contributed by atoms with Crippen LogP contribution < -0.4 is 9.46 Å². The molecule has 0 saturated heterocycles. The first kappa shape index (κ1) is 21.8. The fourth-order valence-electron chi connectivity index (χ4n) is 3.34. The zero-order valence-electron chi connectivity index (χ0n) is 18.2. The lowest BCUT2D eigenvalue weighted by atomic mass is 9.87. The highest BCUT2D eigenvalue weighted by atomic mass is 32.2. The van der Waals surface area contributed by atoms with Crippen molar-refractivity contribution in [3.05, 3.63) is 59.7 Å². The van der Waals surface area contributed by atoms with E-state index in [4.69, 9.17) is 4.74 Å². The third-order valence-corrected chi connectivity index (χ3v) is 6.75. The molecule has 0 radical (unpaired) electrons. The minimum atomic E-state index is -3.68. The van der Waals surface area contributed by atoms with Crippen molar-refractivity contribution in [2.24, 2.45) is 11.3 Å². The molecule has 1 fully saturated rings. The smallest absolute Gasteiger partial charge is 0.241 e. The van der Waals surface area contributed by atoms with Crippen LogP contribution in [0.3, 0.4) is 0 Å². The van der Waals surface area contributed by atoms with Gasteiger partial charge in [-0.25, -0.2) is 13.1 Å². The highest BCUT2D eigenvalue weighted by Gasteiger charge is 2.28. The minimum Gasteiger partial charge on any atom is -0.493 e. The van der Waals surface area contributed by atoms with Gasteiger partial charge in [0.2, 0.25) is 10.0 Å². The van der Waals surface area contributed by atoms with E-state index in [-0.39, 0.29) is 10.3 Å². The first-order valence-corrected chi connectivity index (χ1v) is 11.8. The van der Waals surface area contributed by atoms with Crippen LogP contribution in [0.15, 0.2) is 53.4 Å². The van der Waals surface area contributed by atoms with Crippen molar-refractivity contribution in [1.82, 2.24) is 4.72 Å². The Labute approximate surface area is 175 Å². The Morgan fingerprint density at radius 3 is 2.24 bits per heavy atom. The molecule has 158 valence electrons. The molecule has 1 N–H and O–H groups in total. The van der Waals surface area contributed by atoms with Crippen LogP contribution in [0, 0.1) is 11.3 Å². The standard InChI is InChI=1S/C24H33NO3S/c1-23(2,3)16-18-11-13-20(14-12-18)24(4,5)25-29(26,27)22-8-6-7-21(15-22)28-17-19-9-10-19/h6-8,11-15,19,25H,9-10,16-17H2,1-5H3. The molecule has 0 aliphatic heterocycles. The van der Waals surface area contributed by atoms with E-state index >= 15 is 0 Å². The van der Waals surface area contributed by atoms with Gasteiger partial charge in [-0.15, -0.1) is 0 Å². The summed E-state index contributed by atoms with van der Waals surface area (Å²) in [5.41, 5.74) is 1.66. The van der Waals surface area contributed by atoms with E-state index in [0.717, 1.165) is 12.0 Å². The molecule has 1 saturated carbocycles. The van der Waals surface area contributed by atoms with Crippen LogP contribution in [0.25, 0.3) is 0 Å². The van der Waals surface area contributed by atoms with Crippen LogP contribution >= 0.6 is 0 Å². The highest BCUT2D eigenvalue weighted by Crippen LogP contribution is 2.30. The van der Waals surface area contributed by atoms with Crippen LogP contribution in [0.4, 0.5) is 0 Å². The van der Waals surface area contributed by atoms with Gasteiger partial charge in [0.15, 0.2) is 0 Å². The van der Waals surface area contributed by atoms with E-state index in [1.54, 1.807) is 24.3 Å². The number of rotatable bonds is 8. The molecule has 1 aliphatic rings. The summed E-state index contributed by atoms with van der Waals surface area (Å²) in [5.74, 6) is 1.22. The van der Waals surface area contributed by atoms with Crippen molar-refractivity contribution < 1.29 is 13.2 Å². The van der Waals surface area contributed by atoms with Crippen molar-refractivity contribution in [2.45, 2.75) is 64.3 Å². The van der Waals surface area contributed by atoms with Gasteiger partial charge in [-0.3, -0.25) is 0 Å². The fourth-order valence-corrected chi connectivity index (χ4v) is 4.77. The zero-order valence-corrected chi connectivity index (χ0v) is 19.0. The Morgan fingerprint density at radius 1 is 1.00 bits per heavy atom. The number of sulfonamides is 1. The van der Waals surface area contributed by atoms with Crippen molar-refractivity contribution in [1.29, 1.82) is 0 Å². The van der Waals surface area contributed by atoms with Gasteiger partial charge in [-0.1, -0.05) is 51.1 Å². The van der Waals surface area contributed by atoms with Gasteiger partial charge in [0, 0.05) is 6.07 Å². The van der Waals surface area contributed by atoms with E-state index in [1.807, 2.05) is 26.0 Å². The molecule has 0 spiro atoms. The van der Waals surface area contributed by atoms with Gasteiger partial charge in [-0.2, -0.15) is 0 Å². The second-order valence-electron chi connectivity index (χ2n) is 9.89. The molecule has 0 unspecified atom stereocenters. The lowest BCUT2D eigenvalue weighted by Crippen LogP contribution is -2.40. The maximum atomic E-state index is 13.0. The lowest BCUT2D eigenvalue weighted by Gasteiger charge is -2.27. The third-order valence-electron chi connectivity index (χ3n) is 5.10. The number of benzene rings is 2. The quantitative estimate of drug-likeness (QED) is 0.638. The van der Waals surface area contributed by atoms with Crippen molar-refractivity contribution in [3.8, 4) is 5.75 Å². The van der Waals surface area contributed by atoms with Crippen LogP contribution in [-0.2, 0) is 22.0 Å². The van der Waals surface area contributed by atoms with Gasteiger partial charge in [0.25, 0.3) is 0 Å². The molecule has 3 rings (SSSR count). The summed E-state index contributed by atoms with van der Waals surface area (Å²) in [6, 6.07) is 14.9. The van der Waals surface area contributed by atoms with Crippen molar-refractivity contribution in [2.75, 3.05) is 6.61 Å². The fraction of sp³-hybridized carbons (Fsp3) is 0.500. The van der Waals surface area contributed by atoms with Crippen LogP contribution in [-0.4, -0.2) is 15.0 Å². The Bertz CT molecular complexity index is 937. The average molecular weight is 416 g/mol. The summed E-state index contributed by atoms with van der Waals surface area (Å²) in [5, 5.41) is 0. The predicted octanol–water partition coefficient (Wildman–Crippen LogP) is 5.28. The van der Waals surface area contributed by atoms with Crippen LogP contribution in [0.1, 0.15) is 58.6 Å². The molecule has 29 heavy (non-hydrogen) atoms. The molecule has 0 heterocycles. The topological polar surface area (TPSA) is 55.4 Å². The molecular formula is C24H33NO3S. The van der Waals surface area contributed by atoms with Gasteiger partial charge < -0.3 is 4.74 Å². The molecule has 2 aromatic carbocycles. The summed E-state index contributed by atoms with van der Waals surface area (Å²) in [6.45, 7) is 11.1. The first-order valence-electron chi connectivity index (χ1n) is 10.3. The summed E-state index contributed by atoms with van der Waals surface area (Å²) in [7, 11) is -3.68. The van der Waals surface area contributed by atoms with Crippen LogP contribution in [0.2, 0.25) is 0 Å². The van der Waals surface area contributed by atoms with Gasteiger partial charge in [-0.05, 0) is 67.7 Å². The summed E-state index contributed by atoms with van der Waals surface area (Å²) in [4.78, 5) is 0.225. The van der Waals surface area contributed by atoms with E-state index in [0.29, 0.717) is 18.3 Å². The number of nitrogens with one attached hydrogen (secondary N) is 1. The maximum absolute atomic E-state index is 13.0. The first-order chi connectivity index (χ1) is 13.4. The Kier molecular flexibility index (Phi) is 6.11. The van der Waals surface area contributed by atoms with Crippen molar-refractivity contribution >= 4 is 10.0 Å². The summed E-state index contributed by atoms with van der Waals surface area (Å²) < 4.78 is 34.6. The zero-order chi connectivity index (χ0) is 21.3. The molecular weight excluding hydrogens is 382 g/mol. The number of hydrogen-bond acceptors (Lipinski definition) is 3. The predicted molar refractivity (Wildman–Crippen MR) is 118 cm³/mol. The summed E-state index contributed by atoms with van der Waals surface area (Å²) >= 11 is 0. The maximum Gasteiger partial charge on any atom is 0.241 e. The molecule has 2 aromatic rings. The highest BCUT2D eigenvalue weighted by molar-refractivity contribution is 7.89. The molecule has 0 amide bonds. The Balaban J connectivity index is 1.73. The largest absolute Gasteiger partial charge is 0.493 e. The van der Waals surface area contributed by atoms with E-state index in [1.165, 1.54) is 18.4 Å². The van der Waals surface area contributed by atoms with Crippen LogP contribution in [0.5, 0.6) is 5.75 Å². The monoisotopic (exact) mass is 415 g/mol. The minimum absolute atomic E-state index is 0.214. The molecule has 0 atom stereocenters. The molecule has 4 nitrogen and oxygen atoms in total. The average Bonchev–Trinajstić information content (AvgIpc) is 3.43. The van der Waals surface area contributed by atoms with Gasteiger partial charge in [0.1, 0.15) is 5.75 Å². The Morgan fingerprint density at radius 2 is 1.66 bits per heavy atom. The van der Waals surface area contributed by atoms with E-state index in [9.17, 15) is 8.42 Å². The van der Waals surface area contributed by atoms with E-state index in [2.05, 4.69) is 37.6 Å². The molecule has 1 aliphatic carbocycles. The Hall–Kier alpha value is -1.85. The summed E-state index contributed by atoms with van der Waals surface area (Å²) in [6.07, 6.45) is 3.37. The van der Waals surface area contributed by atoms with E-state index < -0.39 is 15.6 Å². The normalized spacial score (nSPS) is 15.3. The lowest BCUT2D eigenvalue weighted by molar-refractivity contribution is 0.299. The number of ether oxygens (including phenoxy) is 1. The second-order valence-corrected chi connectivity index (χ2v) is 11.6. The van der Waals surface area contributed by atoms with Crippen molar-refractivity contribution in [3.63, 3.8) is 0 Å². The second kappa shape index (κ2) is 8.11. The van der Waals surface area contributed by atoms with Gasteiger partial charge in [0.05, 0.1) is 17.0 Å². The molecule has 0 aromatic heterocycles.